The molecule has 2 aromatic rings. The molecule has 108 valence electrons. The largest absolute Gasteiger partial charge is 0.494 e. The number of aromatic amines is 1. The molecule has 1 heterocycles. The second-order valence-corrected chi connectivity index (χ2v) is 5.10. The number of carbonyl (C=O) groups is 1. The Kier molecular flexibility index (Phi) is 4.86. The molecule has 0 fully saturated rings. The maximum Gasteiger partial charge on any atom is 0.323 e. The van der Waals surface area contributed by atoms with Gasteiger partial charge < -0.3 is 20.2 Å². The van der Waals surface area contributed by atoms with Gasteiger partial charge in [-0.2, -0.15) is 0 Å². The van der Waals surface area contributed by atoms with Crippen molar-refractivity contribution >= 4 is 28.8 Å². The number of methoxy groups -OCH3 is 1. The third-order valence-corrected chi connectivity index (χ3v) is 3.64. The highest BCUT2D eigenvalue weighted by Crippen LogP contribution is 2.23. The number of aromatic nitrogens is 2. The van der Waals surface area contributed by atoms with Crippen LogP contribution in [-0.4, -0.2) is 41.4 Å². The number of hydrogen-bond acceptors (Lipinski definition) is 6. The highest BCUT2D eigenvalue weighted by atomic mass is 32.2. The van der Waals surface area contributed by atoms with Crippen LogP contribution in [0.25, 0.3) is 11.0 Å². The highest BCUT2D eigenvalue weighted by molar-refractivity contribution is 7.99. The topological polar surface area (TPSA) is 90.2 Å². The van der Waals surface area contributed by atoms with E-state index in [0.29, 0.717) is 17.5 Å². The summed E-state index contributed by atoms with van der Waals surface area (Å²) in [6, 6.07) is 5.01. The molecule has 1 aromatic heterocycles. The smallest absolute Gasteiger partial charge is 0.323 e. The lowest BCUT2D eigenvalue weighted by molar-refractivity contribution is -0.141. The molecule has 0 aliphatic rings. The van der Waals surface area contributed by atoms with Crippen molar-refractivity contribution in [3.63, 3.8) is 0 Å². The Bertz CT molecular complexity index is 600. The van der Waals surface area contributed by atoms with E-state index in [2.05, 4.69) is 14.7 Å². The fourth-order valence-corrected chi connectivity index (χ4v) is 2.50. The molecule has 0 bridgehead atoms. The molecule has 0 aliphatic heterocycles. The molecule has 20 heavy (non-hydrogen) atoms. The predicted molar refractivity (Wildman–Crippen MR) is 78.0 cm³/mol. The summed E-state index contributed by atoms with van der Waals surface area (Å²) in [4.78, 5) is 18.8. The van der Waals surface area contributed by atoms with E-state index >= 15 is 0 Å². The first-order valence-electron chi connectivity index (χ1n) is 6.22. The van der Waals surface area contributed by atoms with Crippen LogP contribution in [0.1, 0.15) is 6.92 Å². The van der Waals surface area contributed by atoms with Crippen LogP contribution in [0.4, 0.5) is 0 Å². The molecule has 0 saturated carbocycles. The maximum absolute atomic E-state index is 11.2. The molecule has 0 saturated heterocycles. The SMILES string of the molecule is CCOc1ccc2nc(SCC(N)C(=O)OC)[nH]c2c1. The van der Waals surface area contributed by atoms with Gasteiger partial charge in [0.15, 0.2) is 5.16 Å². The van der Waals surface area contributed by atoms with Crippen LogP contribution in [0.5, 0.6) is 5.75 Å². The van der Waals surface area contributed by atoms with Gasteiger partial charge in [0.1, 0.15) is 11.8 Å². The summed E-state index contributed by atoms with van der Waals surface area (Å²) < 4.78 is 10.0. The van der Waals surface area contributed by atoms with Gasteiger partial charge in [0.2, 0.25) is 0 Å². The number of benzene rings is 1. The summed E-state index contributed by atoms with van der Waals surface area (Å²) in [6.07, 6.45) is 0. The van der Waals surface area contributed by atoms with E-state index in [-0.39, 0.29) is 0 Å². The number of hydrogen-bond donors (Lipinski definition) is 2. The molecule has 1 unspecified atom stereocenters. The summed E-state index contributed by atoms with van der Waals surface area (Å²) in [5.74, 6) is 0.781. The molecule has 0 spiro atoms. The van der Waals surface area contributed by atoms with Crippen molar-refractivity contribution in [2.24, 2.45) is 5.73 Å². The van der Waals surface area contributed by atoms with E-state index in [9.17, 15) is 4.79 Å². The van der Waals surface area contributed by atoms with Crippen LogP contribution in [0.15, 0.2) is 23.4 Å². The molecule has 3 N–H and O–H groups in total. The predicted octanol–water partition coefficient (Wildman–Crippen LogP) is 1.55. The number of nitrogens with one attached hydrogen (secondary N) is 1. The van der Waals surface area contributed by atoms with Gasteiger partial charge in [-0.1, -0.05) is 11.8 Å². The van der Waals surface area contributed by atoms with E-state index in [4.69, 9.17) is 10.5 Å². The Morgan fingerprint density at radius 1 is 1.55 bits per heavy atom. The van der Waals surface area contributed by atoms with Crippen molar-refractivity contribution in [2.45, 2.75) is 18.1 Å². The fourth-order valence-electron chi connectivity index (χ4n) is 1.68. The summed E-state index contributed by atoms with van der Waals surface area (Å²) in [5.41, 5.74) is 7.42. The lowest BCUT2D eigenvalue weighted by atomic mass is 10.3. The van der Waals surface area contributed by atoms with Crippen molar-refractivity contribution < 1.29 is 14.3 Å². The summed E-state index contributed by atoms with van der Waals surface area (Å²) in [6.45, 7) is 2.56. The van der Waals surface area contributed by atoms with E-state index in [0.717, 1.165) is 16.8 Å². The van der Waals surface area contributed by atoms with E-state index in [1.165, 1.54) is 18.9 Å². The van der Waals surface area contributed by atoms with Gasteiger partial charge in [0.05, 0.1) is 24.8 Å². The molecular weight excluding hydrogens is 278 g/mol. The Balaban J connectivity index is 2.06. The first-order valence-corrected chi connectivity index (χ1v) is 7.21. The van der Waals surface area contributed by atoms with Crippen molar-refractivity contribution in [3.05, 3.63) is 18.2 Å². The number of rotatable bonds is 6. The monoisotopic (exact) mass is 295 g/mol. The third-order valence-electron chi connectivity index (χ3n) is 2.65. The molecule has 6 nitrogen and oxygen atoms in total. The summed E-state index contributed by atoms with van der Waals surface area (Å²) in [7, 11) is 1.32. The quantitative estimate of drug-likeness (QED) is 0.621. The van der Waals surface area contributed by atoms with Crippen molar-refractivity contribution in [1.29, 1.82) is 0 Å². The minimum atomic E-state index is -0.655. The molecule has 0 radical (unpaired) electrons. The normalized spacial score (nSPS) is 12.3. The van der Waals surface area contributed by atoms with Crippen LogP contribution < -0.4 is 10.5 Å². The molecule has 0 amide bonds. The Morgan fingerprint density at radius 2 is 2.35 bits per heavy atom. The van der Waals surface area contributed by atoms with Gasteiger partial charge in [-0.15, -0.1) is 0 Å². The summed E-state index contributed by atoms with van der Waals surface area (Å²) in [5, 5.41) is 0.716. The molecule has 2 rings (SSSR count). The zero-order chi connectivity index (χ0) is 14.5. The minimum Gasteiger partial charge on any atom is -0.494 e. The first-order chi connectivity index (χ1) is 9.63. The van der Waals surface area contributed by atoms with Gasteiger partial charge in [0, 0.05) is 11.8 Å². The molecule has 1 aromatic carbocycles. The van der Waals surface area contributed by atoms with Gasteiger partial charge in [-0.05, 0) is 19.1 Å². The minimum absolute atomic E-state index is 0.408. The lowest BCUT2D eigenvalue weighted by Gasteiger charge is -2.06. The van der Waals surface area contributed by atoms with Gasteiger partial charge >= 0.3 is 5.97 Å². The van der Waals surface area contributed by atoms with Gasteiger partial charge in [0.25, 0.3) is 0 Å². The number of carbonyl (C=O) groups excluding carboxylic acids is 1. The lowest BCUT2D eigenvalue weighted by Crippen LogP contribution is -2.33. The number of imidazole rings is 1. The van der Waals surface area contributed by atoms with E-state index in [1.807, 2.05) is 25.1 Å². The molecule has 7 heteroatoms. The number of nitrogens with zero attached hydrogens (tertiary/aromatic N) is 1. The Morgan fingerprint density at radius 3 is 3.05 bits per heavy atom. The van der Waals surface area contributed by atoms with Crippen LogP contribution in [0.3, 0.4) is 0 Å². The molecular formula is C13H17N3O3S. The van der Waals surface area contributed by atoms with Crippen molar-refractivity contribution in [1.82, 2.24) is 9.97 Å². The second kappa shape index (κ2) is 6.62. The van der Waals surface area contributed by atoms with Crippen LogP contribution in [-0.2, 0) is 9.53 Å². The fraction of sp³-hybridized carbons (Fsp3) is 0.385. The van der Waals surface area contributed by atoms with Crippen LogP contribution >= 0.6 is 11.8 Å². The van der Waals surface area contributed by atoms with Crippen LogP contribution in [0.2, 0.25) is 0 Å². The van der Waals surface area contributed by atoms with Crippen molar-refractivity contribution in [3.8, 4) is 5.75 Å². The second-order valence-electron chi connectivity index (χ2n) is 4.09. The van der Waals surface area contributed by atoms with E-state index < -0.39 is 12.0 Å². The zero-order valence-corrected chi connectivity index (χ0v) is 12.2. The standard InChI is InChI=1S/C13H17N3O3S/c1-3-19-8-4-5-10-11(6-8)16-13(15-10)20-7-9(14)12(17)18-2/h4-6,9H,3,7,14H2,1-2H3,(H,15,16). The Hall–Kier alpha value is -1.73. The van der Waals surface area contributed by atoms with E-state index in [1.54, 1.807) is 0 Å². The number of fused-ring (bicyclic) bond motifs is 1. The molecule has 0 aliphatic carbocycles. The summed E-state index contributed by atoms with van der Waals surface area (Å²) >= 11 is 1.38. The zero-order valence-electron chi connectivity index (χ0n) is 11.4. The third kappa shape index (κ3) is 3.43. The van der Waals surface area contributed by atoms with Gasteiger partial charge in [-0.3, -0.25) is 4.79 Å². The Labute approximate surface area is 121 Å². The number of thioether (sulfide) groups is 1. The van der Waals surface area contributed by atoms with Crippen LogP contribution in [0, 0.1) is 0 Å². The van der Waals surface area contributed by atoms with Crippen molar-refractivity contribution in [2.75, 3.05) is 19.5 Å². The average Bonchev–Trinajstić information content (AvgIpc) is 2.86. The van der Waals surface area contributed by atoms with Gasteiger partial charge in [-0.25, -0.2) is 4.98 Å². The maximum atomic E-state index is 11.2. The number of nitrogens with two attached hydrogens (primary N) is 1. The number of ether oxygens (including phenoxy) is 2. The first kappa shape index (κ1) is 14.7. The molecule has 1 atom stereocenters. The average molecular weight is 295 g/mol. The number of H-pyrrole nitrogens is 1. The number of esters is 1. The highest BCUT2D eigenvalue weighted by Gasteiger charge is 2.15.